The Balaban J connectivity index is 1.52. The van der Waals surface area contributed by atoms with Gasteiger partial charge in [-0.1, -0.05) is 0 Å². The number of ether oxygens (including phenoxy) is 3. The predicted octanol–water partition coefficient (Wildman–Crippen LogP) is 2.77. The maximum Gasteiger partial charge on any atom is 0.265 e. The number of amides is 2. The van der Waals surface area contributed by atoms with Gasteiger partial charge in [-0.15, -0.1) is 0 Å². The third kappa shape index (κ3) is 4.92. The topological polar surface area (TPSA) is 123 Å². The van der Waals surface area contributed by atoms with E-state index in [2.05, 4.69) is 10.6 Å². The molecule has 0 saturated carbocycles. The van der Waals surface area contributed by atoms with Gasteiger partial charge in [0.05, 0.1) is 30.7 Å². The minimum Gasteiger partial charge on any atom is -0.493 e. The van der Waals surface area contributed by atoms with Crippen LogP contribution in [0.1, 0.15) is 25.3 Å². The van der Waals surface area contributed by atoms with Crippen molar-refractivity contribution in [2.24, 2.45) is 5.92 Å². The Kier molecular flexibility index (Phi) is 6.91. The number of nitrogens with one attached hydrogen (secondary N) is 2. The average molecular weight is 504 g/mol. The Morgan fingerprint density at radius 1 is 1.17 bits per heavy atom. The lowest BCUT2D eigenvalue weighted by atomic mass is 9.98. The molecule has 2 aromatic rings. The quantitative estimate of drug-likeness (QED) is 0.621. The molecule has 0 radical (unpaired) electrons. The Labute approximate surface area is 204 Å². The van der Waals surface area contributed by atoms with Gasteiger partial charge in [-0.2, -0.15) is 4.31 Å². The maximum atomic E-state index is 13.5. The normalized spacial score (nSPS) is 20.3. The van der Waals surface area contributed by atoms with E-state index >= 15 is 0 Å². The standard InChI is InChI=1S/C24H29N3O7S/c1-14-10-18-20(34-15(2)23(28)26-18)12-22(14)35(30,31)27-9-5-6-16(13-27)24(29)25-17-7-8-19(32-3)21(11-17)33-4/h7-8,10-12,15-16H,5-6,9,13H2,1-4H3,(H,25,29)(H,26,28). The van der Waals surface area contributed by atoms with Crippen molar-refractivity contribution in [2.45, 2.75) is 37.7 Å². The van der Waals surface area contributed by atoms with Crippen LogP contribution in [0.4, 0.5) is 11.4 Å². The van der Waals surface area contributed by atoms with E-state index < -0.39 is 22.0 Å². The van der Waals surface area contributed by atoms with Crippen molar-refractivity contribution in [1.29, 1.82) is 0 Å². The zero-order valence-electron chi connectivity index (χ0n) is 20.1. The van der Waals surface area contributed by atoms with E-state index in [1.165, 1.54) is 24.6 Å². The third-order valence-corrected chi connectivity index (χ3v) is 8.24. The number of piperidine rings is 1. The first-order chi connectivity index (χ1) is 16.6. The number of nitrogens with zero attached hydrogens (tertiary/aromatic N) is 1. The van der Waals surface area contributed by atoms with Gasteiger partial charge in [0.25, 0.3) is 5.91 Å². The lowest BCUT2D eigenvalue weighted by Crippen LogP contribution is -2.44. The van der Waals surface area contributed by atoms with Crippen molar-refractivity contribution in [3.05, 3.63) is 35.9 Å². The van der Waals surface area contributed by atoms with Gasteiger partial charge in [-0.25, -0.2) is 8.42 Å². The number of carbonyl (C=O) groups excluding carboxylic acids is 2. The summed E-state index contributed by atoms with van der Waals surface area (Å²) in [6, 6.07) is 8.09. The SMILES string of the molecule is COc1ccc(NC(=O)C2CCCN(S(=O)(=O)c3cc4c(cc3C)NC(=O)C(C)O4)C2)cc1OC. The molecule has 1 fully saturated rings. The lowest BCUT2D eigenvalue weighted by Gasteiger charge is -2.32. The molecule has 2 unspecified atom stereocenters. The van der Waals surface area contributed by atoms with Crippen LogP contribution < -0.4 is 24.8 Å². The largest absolute Gasteiger partial charge is 0.493 e. The number of anilines is 2. The smallest absolute Gasteiger partial charge is 0.265 e. The molecule has 0 aromatic heterocycles. The summed E-state index contributed by atoms with van der Waals surface area (Å²) in [5.74, 6) is 0.264. The minimum absolute atomic E-state index is 0.0615. The maximum absolute atomic E-state index is 13.5. The van der Waals surface area contributed by atoms with Crippen molar-refractivity contribution in [3.63, 3.8) is 0 Å². The van der Waals surface area contributed by atoms with Crippen LogP contribution in [-0.2, 0) is 19.6 Å². The Hall–Kier alpha value is -3.31. The summed E-state index contributed by atoms with van der Waals surface area (Å²) in [4.78, 5) is 25.0. The summed E-state index contributed by atoms with van der Waals surface area (Å²) >= 11 is 0. The second-order valence-electron chi connectivity index (χ2n) is 8.62. The number of hydrogen-bond acceptors (Lipinski definition) is 7. The number of fused-ring (bicyclic) bond motifs is 1. The molecule has 0 aliphatic carbocycles. The molecule has 4 rings (SSSR count). The van der Waals surface area contributed by atoms with Gasteiger partial charge in [0.1, 0.15) is 5.75 Å². The number of sulfonamides is 1. The van der Waals surface area contributed by atoms with Crippen LogP contribution in [-0.4, -0.2) is 58.0 Å². The number of benzene rings is 2. The molecule has 2 aliphatic heterocycles. The van der Waals surface area contributed by atoms with E-state index in [1.807, 2.05) is 0 Å². The summed E-state index contributed by atoms with van der Waals surface area (Å²) in [7, 11) is -0.855. The number of methoxy groups -OCH3 is 2. The molecule has 2 aromatic carbocycles. The average Bonchev–Trinajstić information content (AvgIpc) is 2.84. The zero-order chi connectivity index (χ0) is 25.3. The predicted molar refractivity (Wildman–Crippen MR) is 130 cm³/mol. The van der Waals surface area contributed by atoms with Gasteiger partial charge in [0.15, 0.2) is 17.6 Å². The second-order valence-corrected chi connectivity index (χ2v) is 10.5. The van der Waals surface area contributed by atoms with Gasteiger partial charge >= 0.3 is 0 Å². The van der Waals surface area contributed by atoms with Crippen molar-refractivity contribution >= 4 is 33.2 Å². The number of rotatable bonds is 6. The molecule has 2 N–H and O–H groups in total. The summed E-state index contributed by atoms with van der Waals surface area (Å²) in [5.41, 5.74) is 1.46. The molecular formula is C24H29N3O7S. The molecule has 2 atom stereocenters. The van der Waals surface area contributed by atoms with Crippen LogP contribution in [0.2, 0.25) is 0 Å². The number of hydrogen-bond donors (Lipinski definition) is 2. The lowest BCUT2D eigenvalue weighted by molar-refractivity contribution is -0.123. The molecule has 0 bridgehead atoms. The van der Waals surface area contributed by atoms with Crippen molar-refractivity contribution < 1.29 is 32.2 Å². The van der Waals surface area contributed by atoms with Gasteiger partial charge in [0, 0.05) is 30.9 Å². The van der Waals surface area contributed by atoms with Gasteiger partial charge in [-0.05, 0) is 50.5 Å². The van der Waals surface area contributed by atoms with Crippen molar-refractivity contribution in [1.82, 2.24) is 4.31 Å². The fourth-order valence-corrected chi connectivity index (χ4v) is 6.04. The molecule has 2 heterocycles. The first kappa shape index (κ1) is 24.8. The number of carbonyl (C=O) groups is 2. The third-order valence-electron chi connectivity index (χ3n) is 6.23. The Morgan fingerprint density at radius 2 is 1.91 bits per heavy atom. The first-order valence-corrected chi connectivity index (χ1v) is 12.7. The summed E-state index contributed by atoms with van der Waals surface area (Å²) < 4.78 is 44.5. The summed E-state index contributed by atoms with van der Waals surface area (Å²) in [5, 5.41) is 5.58. The highest BCUT2D eigenvalue weighted by molar-refractivity contribution is 7.89. The highest BCUT2D eigenvalue weighted by atomic mass is 32.2. The molecule has 188 valence electrons. The van der Waals surface area contributed by atoms with Crippen LogP contribution in [0.15, 0.2) is 35.2 Å². The monoisotopic (exact) mass is 503 g/mol. The fourth-order valence-electron chi connectivity index (χ4n) is 4.29. The van der Waals surface area contributed by atoms with Crippen LogP contribution in [0.3, 0.4) is 0 Å². The van der Waals surface area contributed by atoms with Crippen molar-refractivity contribution in [3.8, 4) is 17.2 Å². The van der Waals surface area contributed by atoms with Gasteiger partial charge in [0.2, 0.25) is 15.9 Å². The molecular weight excluding hydrogens is 474 g/mol. The highest BCUT2D eigenvalue weighted by Gasteiger charge is 2.35. The molecule has 1 saturated heterocycles. The summed E-state index contributed by atoms with van der Waals surface area (Å²) in [6.45, 7) is 3.64. The molecule has 0 spiro atoms. The Morgan fingerprint density at radius 3 is 2.63 bits per heavy atom. The van der Waals surface area contributed by atoms with Gasteiger partial charge in [-0.3, -0.25) is 9.59 Å². The fraction of sp³-hybridized carbons (Fsp3) is 0.417. The van der Waals surface area contributed by atoms with E-state index in [0.717, 1.165) is 0 Å². The highest BCUT2D eigenvalue weighted by Crippen LogP contribution is 2.36. The van der Waals surface area contributed by atoms with Crippen LogP contribution in [0.5, 0.6) is 17.2 Å². The van der Waals surface area contributed by atoms with E-state index in [9.17, 15) is 18.0 Å². The minimum atomic E-state index is -3.89. The molecule has 2 aliphatic rings. The second kappa shape index (κ2) is 9.74. The summed E-state index contributed by atoms with van der Waals surface area (Å²) in [6.07, 6.45) is 0.401. The molecule has 2 amide bonds. The first-order valence-electron chi connectivity index (χ1n) is 11.3. The van der Waals surface area contributed by atoms with Crippen LogP contribution in [0.25, 0.3) is 0 Å². The molecule has 10 nitrogen and oxygen atoms in total. The Bertz CT molecular complexity index is 1260. The molecule has 35 heavy (non-hydrogen) atoms. The zero-order valence-corrected chi connectivity index (χ0v) is 20.9. The van der Waals surface area contributed by atoms with E-state index in [0.29, 0.717) is 53.6 Å². The molecule has 11 heteroatoms. The number of aryl methyl sites for hydroxylation is 1. The van der Waals surface area contributed by atoms with E-state index in [-0.39, 0.29) is 23.3 Å². The van der Waals surface area contributed by atoms with E-state index in [1.54, 1.807) is 38.1 Å². The van der Waals surface area contributed by atoms with E-state index in [4.69, 9.17) is 14.2 Å². The van der Waals surface area contributed by atoms with Crippen LogP contribution >= 0.6 is 0 Å². The van der Waals surface area contributed by atoms with Crippen molar-refractivity contribution in [2.75, 3.05) is 37.9 Å². The van der Waals surface area contributed by atoms with Crippen LogP contribution in [0, 0.1) is 12.8 Å². The van der Waals surface area contributed by atoms with Gasteiger partial charge < -0.3 is 24.8 Å².